The van der Waals surface area contributed by atoms with Crippen LogP contribution in [0.3, 0.4) is 0 Å². The van der Waals surface area contributed by atoms with E-state index in [0.717, 1.165) is 15.8 Å². The van der Waals surface area contributed by atoms with Gasteiger partial charge < -0.3 is 14.0 Å². The number of nitrogens with zero attached hydrogens (tertiary/aromatic N) is 2. The molecule has 5 rings (SSSR count). The summed E-state index contributed by atoms with van der Waals surface area (Å²) in [4.78, 5) is 21.3. The van der Waals surface area contributed by atoms with E-state index in [9.17, 15) is 17.8 Å². The van der Waals surface area contributed by atoms with Gasteiger partial charge in [0.2, 0.25) is 3.57 Å². The average Bonchev–Trinajstić information content (AvgIpc) is 3.36. The second-order valence-corrected chi connectivity index (χ2v) is 14.3. The van der Waals surface area contributed by atoms with Gasteiger partial charge in [-0.2, -0.15) is 0 Å². The molecule has 0 fully saturated rings. The number of aryl methyl sites for hydroxylation is 2. The predicted octanol–water partition coefficient (Wildman–Crippen LogP) is 2.65. The Morgan fingerprint density at radius 2 is 1.62 bits per heavy atom. The number of carbonyl (C=O) groups is 1. The zero-order valence-electron chi connectivity index (χ0n) is 23.0. The van der Waals surface area contributed by atoms with Crippen LogP contribution in [0.4, 0.5) is 5.13 Å². The van der Waals surface area contributed by atoms with Gasteiger partial charge in [0.15, 0.2) is 15.5 Å². The zero-order valence-corrected chi connectivity index (χ0v) is 26.8. The zero-order chi connectivity index (χ0) is 30.1. The number of aromatic nitrogens is 2. The Morgan fingerprint density at radius 3 is 2.24 bits per heavy atom. The number of thiazole rings is 1. The number of benzene rings is 3. The fraction of sp³-hybridized carbons (Fsp3) is 0.167. The van der Waals surface area contributed by atoms with E-state index in [1.54, 1.807) is 24.4 Å². The largest absolute Gasteiger partial charge is 0.744 e. The lowest BCUT2D eigenvalue weighted by atomic mass is 10.2. The Bertz CT molecular complexity index is 1740. The molecule has 5 aromatic rings. The molecule has 42 heavy (non-hydrogen) atoms. The number of ether oxygens (including phenoxy) is 2. The van der Waals surface area contributed by atoms with Gasteiger partial charge in [0.1, 0.15) is 21.6 Å². The fourth-order valence-corrected chi connectivity index (χ4v) is 6.83. The maximum atomic E-state index is 12.6. The van der Waals surface area contributed by atoms with E-state index in [0.29, 0.717) is 23.2 Å². The fourth-order valence-electron chi connectivity index (χ4n) is 3.40. The molecule has 0 saturated heterocycles. The first-order valence-corrected chi connectivity index (χ1v) is 17.1. The molecule has 2 aromatic heterocycles. The molecule has 3 aromatic carbocycles. The number of fused-ring (bicyclic) bond motifs is 1. The molecule has 0 aliphatic rings. The molecular formula is C30H28IN3O6S2. The van der Waals surface area contributed by atoms with Gasteiger partial charge in [0, 0.05) is 6.61 Å². The van der Waals surface area contributed by atoms with Crippen molar-refractivity contribution in [3.8, 4) is 5.75 Å². The number of halogens is 1. The quantitative estimate of drug-likeness (QED) is 0.107. The van der Waals surface area contributed by atoms with Crippen molar-refractivity contribution in [1.82, 2.24) is 9.97 Å². The lowest BCUT2D eigenvalue weighted by molar-refractivity contribution is -0.597. The summed E-state index contributed by atoms with van der Waals surface area (Å²) in [5.41, 5.74) is 3.35. The van der Waals surface area contributed by atoms with Crippen LogP contribution >= 0.6 is 11.3 Å². The Morgan fingerprint density at radius 1 is 0.952 bits per heavy atom. The normalized spacial score (nSPS) is 11.0. The summed E-state index contributed by atoms with van der Waals surface area (Å²) in [7, 11) is -4.27. The molecule has 9 nitrogen and oxygen atoms in total. The standard InChI is InChI=1S/C23H20IN3O3S.C7H8O3S/c1-3-29-14-30-18-9-11-19-21(12-18)31-23(26-19)27-22(28)20-10-8-17(13-25-20)24-16-6-4-15(2)5-7-16;1-6-2-4-7(5-3-6)11(8,9)10/h4-13H,3,14H2,1-2H3;2-5H,1H3,(H,8,9,10). The minimum absolute atomic E-state index is 0.178. The lowest BCUT2D eigenvalue weighted by Crippen LogP contribution is -3.61. The van der Waals surface area contributed by atoms with E-state index < -0.39 is 10.1 Å². The molecular weight excluding hydrogens is 689 g/mol. The molecule has 218 valence electrons. The van der Waals surface area contributed by atoms with Gasteiger partial charge in [-0.25, -0.2) is 18.4 Å². The molecule has 0 spiro atoms. The first kappa shape index (κ1) is 31.5. The summed E-state index contributed by atoms with van der Waals surface area (Å²) in [6.07, 6.45) is 1.79. The third-order valence-corrected chi connectivity index (χ3v) is 9.98. The minimum atomic E-state index is -4.27. The molecule has 1 N–H and O–H groups in total. The number of hydrogen-bond acceptors (Lipinski definition) is 9. The Kier molecular flexibility index (Phi) is 11.0. The van der Waals surface area contributed by atoms with Crippen molar-refractivity contribution in [2.24, 2.45) is 0 Å². The molecule has 0 bridgehead atoms. The molecule has 2 heterocycles. The molecule has 0 unspecified atom stereocenters. The van der Waals surface area contributed by atoms with Crippen LogP contribution in [0.1, 0.15) is 28.5 Å². The highest BCUT2D eigenvalue weighted by atomic mass is 127. The highest BCUT2D eigenvalue weighted by Gasteiger charge is 2.18. The number of carbonyl (C=O) groups excluding carboxylic acids is 1. The lowest BCUT2D eigenvalue weighted by Gasteiger charge is -2.05. The summed E-state index contributed by atoms with van der Waals surface area (Å²) >= 11 is 1.08. The van der Waals surface area contributed by atoms with Crippen molar-refractivity contribution in [1.29, 1.82) is 0 Å². The second kappa shape index (κ2) is 14.6. The SMILES string of the molecule is CCOCOc1ccc2nc(NC(=O)c3ccc([I+]c4ccc(C)cc4)cn3)sc2c1.Cc1ccc(S(=O)(=O)[O-])cc1. The number of anilines is 1. The van der Waals surface area contributed by atoms with Gasteiger partial charge in [-0.05, 0) is 75.4 Å². The van der Waals surface area contributed by atoms with E-state index >= 15 is 0 Å². The average molecular weight is 718 g/mol. The third-order valence-electron chi connectivity index (χ3n) is 5.59. The minimum Gasteiger partial charge on any atom is -0.744 e. The summed E-state index contributed by atoms with van der Waals surface area (Å²) < 4.78 is 45.3. The summed E-state index contributed by atoms with van der Waals surface area (Å²) in [6, 6.07) is 23.7. The van der Waals surface area contributed by atoms with Crippen LogP contribution in [0.25, 0.3) is 10.2 Å². The monoisotopic (exact) mass is 717 g/mol. The van der Waals surface area contributed by atoms with Gasteiger partial charge in [-0.15, -0.1) is 0 Å². The van der Waals surface area contributed by atoms with Crippen LogP contribution in [0.2, 0.25) is 0 Å². The molecule has 0 aliphatic heterocycles. The van der Waals surface area contributed by atoms with Crippen molar-refractivity contribution in [3.63, 3.8) is 0 Å². The van der Waals surface area contributed by atoms with Gasteiger partial charge >= 0.3 is 21.2 Å². The van der Waals surface area contributed by atoms with Gasteiger partial charge in [-0.1, -0.05) is 46.7 Å². The van der Waals surface area contributed by atoms with Crippen molar-refractivity contribution in [2.45, 2.75) is 25.7 Å². The van der Waals surface area contributed by atoms with Crippen molar-refractivity contribution >= 4 is 42.7 Å². The van der Waals surface area contributed by atoms with Gasteiger partial charge in [0.05, 0.1) is 21.3 Å². The van der Waals surface area contributed by atoms with Crippen LogP contribution in [-0.2, 0) is 14.9 Å². The Hall–Kier alpha value is -3.43. The topological polar surface area (TPSA) is 131 Å². The van der Waals surface area contributed by atoms with Gasteiger partial charge in [-0.3, -0.25) is 10.1 Å². The summed E-state index contributed by atoms with van der Waals surface area (Å²) in [5.74, 6) is 0.434. The maximum Gasteiger partial charge on any atom is 0.359 e. The van der Waals surface area contributed by atoms with Crippen molar-refractivity contribution < 1.29 is 48.4 Å². The maximum absolute atomic E-state index is 12.6. The van der Waals surface area contributed by atoms with E-state index in [1.807, 2.05) is 38.1 Å². The first-order valence-electron chi connectivity index (χ1n) is 12.7. The summed E-state index contributed by atoms with van der Waals surface area (Å²) in [5, 5.41) is 3.37. The van der Waals surface area contributed by atoms with Crippen LogP contribution in [0.5, 0.6) is 5.75 Å². The second-order valence-electron chi connectivity index (χ2n) is 8.88. The predicted molar refractivity (Wildman–Crippen MR) is 157 cm³/mol. The van der Waals surface area contributed by atoms with Crippen molar-refractivity contribution in [2.75, 3.05) is 18.7 Å². The van der Waals surface area contributed by atoms with Crippen molar-refractivity contribution in [3.05, 3.63) is 109 Å². The number of nitrogens with one attached hydrogen (secondary N) is 1. The van der Waals surface area contributed by atoms with E-state index in [-0.39, 0.29) is 38.8 Å². The highest BCUT2D eigenvalue weighted by molar-refractivity contribution is 7.85. The number of hydrogen-bond donors (Lipinski definition) is 1. The molecule has 12 heteroatoms. The van der Waals surface area contributed by atoms with Gasteiger partial charge in [0.25, 0.3) is 5.91 Å². The molecule has 0 radical (unpaired) electrons. The third kappa shape index (κ3) is 9.29. The van der Waals surface area contributed by atoms with Crippen LogP contribution in [0.15, 0.2) is 90.0 Å². The smallest absolute Gasteiger partial charge is 0.359 e. The number of pyridine rings is 1. The highest BCUT2D eigenvalue weighted by Crippen LogP contribution is 2.29. The van der Waals surface area contributed by atoms with Crippen LogP contribution < -0.4 is 31.3 Å². The van der Waals surface area contributed by atoms with Crippen LogP contribution in [-0.4, -0.2) is 42.2 Å². The van der Waals surface area contributed by atoms with E-state index in [2.05, 4.69) is 46.5 Å². The molecule has 0 saturated carbocycles. The molecule has 0 aliphatic carbocycles. The first-order chi connectivity index (χ1) is 20.1. The molecule has 1 amide bonds. The number of amides is 1. The Balaban J connectivity index is 0.000000310. The summed E-state index contributed by atoms with van der Waals surface area (Å²) in [6.45, 7) is 6.62. The van der Waals surface area contributed by atoms with Crippen LogP contribution in [0, 0.1) is 21.0 Å². The van der Waals surface area contributed by atoms with E-state index in [4.69, 9.17) is 9.47 Å². The number of rotatable bonds is 9. The Labute approximate surface area is 259 Å². The molecule has 0 atom stereocenters. The van der Waals surface area contributed by atoms with E-state index in [1.165, 1.54) is 36.2 Å².